The summed E-state index contributed by atoms with van der Waals surface area (Å²) in [5, 5.41) is 0. The number of rotatable bonds is 8. The van der Waals surface area contributed by atoms with Gasteiger partial charge in [0.25, 0.3) is 0 Å². The van der Waals surface area contributed by atoms with Crippen LogP contribution in [0.3, 0.4) is 0 Å². The fourth-order valence-corrected chi connectivity index (χ4v) is 2.57. The number of unbranched alkanes of at least 4 members (excludes halogenated alkanes) is 2. The van der Waals surface area contributed by atoms with Crippen molar-refractivity contribution in [1.29, 1.82) is 0 Å². The lowest BCUT2D eigenvalue weighted by Crippen LogP contribution is -2.36. The molecule has 1 aliphatic heterocycles. The second kappa shape index (κ2) is 11.2. The van der Waals surface area contributed by atoms with E-state index in [0.29, 0.717) is 5.92 Å². The zero-order valence-electron chi connectivity index (χ0n) is 13.8. The van der Waals surface area contributed by atoms with Crippen LogP contribution in [0, 0.1) is 23.7 Å². The largest absolute Gasteiger partial charge is 0.380 e. The first kappa shape index (κ1) is 17.5. The molecule has 0 aromatic rings. The second-order valence-electron chi connectivity index (χ2n) is 6.28. The van der Waals surface area contributed by atoms with Crippen LogP contribution in [0.1, 0.15) is 59.3 Å². The van der Waals surface area contributed by atoms with Crippen LogP contribution in [0.25, 0.3) is 0 Å². The molecule has 116 valence electrons. The summed E-state index contributed by atoms with van der Waals surface area (Å²) < 4.78 is 5.69. The maximum absolute atomic E-state index is 5.69. The number of piperidine rings is 1. The van der Waals surface area contributed by atoms with Crippen molar-refractivity contribution < 1.29 is 4.74 Å². The number of hydrogen-bond donors (Lipinski definition) is 0. The molecule has 0 atom stereocenters. The van der Waals surface area contributed by atoms with E-state index in [1.54, 1.807) is 0 Å². The van der Waals surface area contributed by atoms with E-state index in [2.05, 4.69) is 37.5 Å². The fraction of sp³-hybridized carbons (Fsp3) is 0.889. The quantitative estimate of drug-likeness (QED) is 0.492. The van der Waals surface area contributed by atoms with E-state index in [-0.39, 0.29) is 0 Å². The van der Waals surface area contributed by atoms with Gasteiger partial charge in [-0.1, -0.05) is 33.6 Å². The Hall–Kier alpha value is -0.520. The molecule has 1 aliphatic rings. The first-order chi connectivity index (χ1) is 9.72. The van der Waals surface area contributed by atoms with Gasteiger partial charge in [-0.25, -0.2) is 0 Å². The van der Waals surface area contributed by atoms with Crippen LogP contribution in [0.2, 0.25) is 0 Å². The molecule has 0 N–H and O–H groups in total. The topological polar surface area (TPSA) is 12.5 Å². The van der Waals surface area contributed by atoms with E-state index in [1.165, 1.54) is 45.2 Å². The summed E-state index contributed by atoms with van der Waals surface area (Å²) in [5.74, 6) is 7.96. The molecular weight excluding hydrogens is 246 g/mol. The monoisotopic (exact) mass is 279 g/mol. The average Bonchev–Trinajstić information content (AvgIpc) is 2.44. The standard InChI is InChI=1S/C18H33NO/c1-4-5-6-15-20-16-14-19-12-10-18(11-13-19)9-7-8-17(2)3/h17-18H,4-6,9-16H2,1-3H3. The van der Waals surface area contributed by atoms with E-state index in [0.717, 1.165) is 32.1 Å². The van der Waals surface area contributed by atoms with Crippen LogP contribution in [0.15, 0.2) is 0 Å². The molecule has 0 aliphatic carbocycles. The number of ether oxygens (including phenoxy) is 1. The highest BCUT2D eigenvalue weighted by Crippen LogP contribution is 2.19. The Morgan fingerprint density at radius 2 is 1.90 bits per heavy atom. The fourth-order valence-electron chi connectivity index (χ4n) is 2.57. The van der Waals surface area contributed by atoms with Gasteiger partial charge in [-0.15, -0.1) is 11.8 Å². The third kappa shape index (κ3) is 8.61. The van der Waals surface area contributed by atoms with Crippen LogP contribution in [0.4, 0.5) is 0 Å². The van der Waals surface area contributed by atoms with Crippen LogP contribution in [-0.4, -0.2) is 37.7 Å². The van der Waals surface area contributed by atoms with Gasteiger partial charge in [0.2, 0.25) is 0 Å². The number of hydrogen-bond acceptors (Lipinski definition) is 2. The van der Waals surface area contributed by atoms with Crippen molar-refractivity contribution in [1.82, 2.24) is 4.90 Å². The molecule has 0 bridgehead atoms. The smallest absolute Gasteiger partial charge is 0.0593 e. The Kier molecular flexibility index (Phi) is 9.79. The van der Waals surface area contributed by atoms with Crippen LogP contribution in [-0.2, 0) is 4.74 Å². The average molecular weight is 279 g/mol. The predicted molar refractivity (Wildman–Crippen MR) is 86.7 cm³/mol. The summed E-state index contributed by atoms with van der Waals surface area (Å²) in [6.45, 7) is 12.0. The minimum Gasteiger partial charge on any atom is -0.380 e. The zero-order chi connectivity index (χ0) is 14.6. The molecule has 2 heteroatoms. The Balaban J connectivity index is 2.00. The zero-order valence-corrected chi connectivity index (χ0v) is 13.8. The maximum atomic E-state index is 5.69. The lowest BCUT2D eigenvalue weighted by Gasteiger charge is -2.31. The summed E-state index contributed by atoms with van der Waals surface area (Å²) in [4.78, 5) is 2.55. The van der Waals surface area contributed by atoms with Crippen molar-refractivity contribution in [2.45, 2.75) is 59.3 Å². The van der Waals surface area contributed by atoms with Crippen molar-refractivity contribution >= 4 is 0 Å². The van der Waals surface area contributed by atoms with E-state index >= 15 is 0 Å². The molecule has 0 aromatic carbocycles. The van der Waals surface area contributed by atoms with Gasteiger partial charge in [0.1, 0.15) is 0 Å². The number of nitrogens with zero attached hydrogens (tertiary/aromatic N) is 1. The minimum atomic E-state index is 0.514. The van der Waals surface area contributed by atoms with Gasteiger partial charge in [-0.3, -0.25) is 0 Å². The summed E-state index contributed by atoms with van der Waals surface area (Å²) in [6, 6.07) is 0. The summed E-state index contributed by atoms with van der Waals surface area (Å²) in [7, 11) is 0. The Labute approximate surface area is 126 Å². The van der Waals surface area contributed by atoms with Gasteiger partial charge in [-0.2, -0.15) is 0 Å². The maximum Gasteiger partial charge on any atom is 0.0593 e. The van der Waals surface area contributed by atoms with Crippen molar-refractivity contribution in [2.75, 3.05) is 32.8 Å². The van der Waals surface area contributed by atoms with Crippen LogP contribution < -0.4 is 0 Å². The molecule has 20 heavy (non-hydrogen) atoms. The van der Waals surface area contributed by atoms with Crippen molar-refractivity contribution in [3.63, 3.8) is 0 Å². The molecule has 2 nitrogen and oxygen atoms in total. The lowest BCUT2D eigenvalue weighted by molar-refractivity contribution is 0.0867. The molecule has 0 saturated carbocycles. The highest BCUT2D eigenvalue weighted by Gasteiger charge is 2.17. The van der Waals surface area contributed by atoms with Crippen molar-refractivity contribution in [3.05, 3.63) is 0 Å². The lowest BCUT2D eigenvalue weighted by atomic mass is 9.93. The Bertz CT molecular complexity index is 282. The molecule has 0 unspecified atom stereocenters. The van der Waals surface area contributed by atoms with Gasteiger partial charge in [0.05, 0.1) is 6.61 Å². The molecule has 0 amide bonds. The third-order valence-electron chi connectivity index (χ3n) is 3.93. The van der Waals surface area contributed by atoms with Crippen molar-refractivity contribution in [2.24, 2.45) is 11.8 Å². The van der Waals surface area contributed by atoms with E-state index in [1.807, 2.05) is 0 Å². The van der Waals surface area contributed by atoms with E-state index in [9.17, 15) is 0 Å². The molecule has 1 saturated heterocycles. The SMILES string of the molecule is CCCCCOCCN1CCC(CC#CC(C)C)CC1. The van der Waals surface area contributed by atoms with E-state index in [4.69, 9.17) is 4.74 Å². The number of likely N-dealkylation sites (tertiary alicyclic amines) is 1. The van der Waals surface area contributed by atoms with Gasteiger partial charge in [0, 0.05) is 25.5 Å². The highest BCUT2D eigenvalue weighted by atomic mass is 16.5. The minimum absolute atomic E-state index is 0.514. The van der Waals surface area contributed by atoms with Crippen LogP contribution in [0.5, 0.6) is 0 Å². The first-order valence-corrected chi connectivity index (χ1v) is 8.50. The molecule has 1 rings (SSSR count). The Morgan fingerprint density at radius 1 is 1.15 bits per heavy atom. The van der Waals surface area contributed by atoms with Gasteiger partial charge >= 0.3 is 0 Å². The molecule has 0 radical (unpaired) electrons. The van der Waals surface area contributed by atoms with E-state index < -0.39 is 0 Å². The van der Waals surface area contributed by atoms with Crippen LogP contribution >= 0.6 is 0 Å². The summed E-state index contributed by atoms with van der Waals surface area (Å²) in [6.07, 6.45) is 7.50. The highest BCUT2D eigenvalue weighted by molar-refractivity contribution is 5.02. The molecule has 0 spiro atoms. The second-order valence-corrected chi connectivity index (χ2v) is 6.28. The normalized spacial score (nSPS) is 17.2. The third-order valence-corrected chi connectivity index (χ3v) is 3.93. The molecule has 1 fully saturated rings. The predicted octanol–water partition coefficient (Wildman–Crippen LogP) is 3.95. The summed E-state index contributed by atoms with van der Waals surface area (Å²) in [5.41, 5.74) is 0. The first-order valence-electron chi connectivity index (χ1n) is 8.50. The van der Waals surface area contributed by atoms with Crippen molar-refractivity contribution in [3.8, 4) is 11.8 Å². The molecule has 1 heterocycles. The summed E-state index contributed by atoms with van der Waals surface area (Å²) >= 11 is 0. The van der Waals surface area contributed by atoms with Gasteiger partial charge < -0.3 is 9.64 Å². The van der Waals surface area contributed by atoms with Gasteiger partial charge in [-0.05, 0) is 38.3 Å². The Morgan fingerprint density at radius 3 is 2.55 bits per heavy atom. The molecule has 0 aromatic heterocycles. The van der Waals surface area contributed by atoms with Gasteiger partial charge in [0.15, 0.2) is 0 Å². The molecular formula is C18H33NO.